The van der Waals surface area contributed by atoms with Gasteiger partial charge in [0.25, 0.3) is 0 Å². The first-order chi connectivity index (χ1) is 7.99. The average Bonchev–Trinajstić information content (AvgIpc) is 2.28. The van der Waals surface area contributed by atoms with Gasteiger partial charge in [0.1, 0.15) is 0 Å². The van der Waals surface area contributed by atoms with Crippen molar-refractivity contribution in [3.8, 4) is 0 Å². The van der Waals surface area contributed by atoms with Crippen LogP contribution in [0.3, 0.4) is 0 Å². The molecule has 4 heteroatoms. The molecule has 17 heavy (non-hydrogen) atoms. The van der Waals surface area contributed by atoms with Gasteiger partial charge in [-0.2, -0.15) is 0 Å². The van der Waals surface area contributed by atoms with E-state index in [0.29, 0.717) is 25.0 Å². The molecule has 1 fully saturated rings. The Balaban J connectivity index is 2.04. The van der Waals surface area contributed by atoms with Crippen molar-refractivity contribution in [1.82, 2.24) is 10.2 Å². The highest BCUT2D eigenvalue weighted by Crippen LogP contribution is 2.16. The zero-order valence-corrected chi connectivity index (χ0v) is 11.4. The maximum atomic E-state index is 11.8. The van der Waals surface area contributed by atoms with Crippen LogP contribution in [0.2, 0.25) is 0 Å². The summed E-state index contributed by atoms with van der Waals surface area (Å²) in [6.45, 7) is 11.3. The first-order valence-electron chi connectivity index (χ1n) is 6.55. The number of amides is 1. The summed E-state index contributed by atoms with van der Waals surface area (Å²) in [5, 5.41) is 3.33. The van der Waals surface area contributed by atoms with Crippen molar-refractivity contribution >= 4 is 5.91 Å². The highest BCUT2D eigenvalue weighted by molar-refractivity contribution is 5.76. The third-order valence-corrected chi connectivity index (χ3v) is 2.93. The van der Waals surface area contributed by atoms with Crippen LogP contribution in [0.15, 0.2) is 0 Å². The minimum atomic E-state index is 0.247. The molecule has 0 aromatic heterocycles. The molecule has 1 saturated heterocycles. The number of carbonyl (C=O) groups is 1. The van der Waals surface area contributed by atoms with Crippen LogP contribution < -0.4 is 5.32 Å². The highest BCUT2D eigenvalue weighted by Gasteiger charge is 2.16. The predicted octanol–water partition coefficient (Wildman–Crippen LogP) is 1.26. The maximum absolute atomic E-state index is 11.8. The summed E-state index contributed by atoms with van der Waals surface area (Å²) in [5.74, 6) is 0.247. The Labute approximate surface area is 105 Å². The van der Waals surface area contributed by atoms with Crippen LogP contribution in [0, 0.1) is 5.41 Å². The zero-order valence-electron chi connectivity index (χ0n) is 11.4. The van der Waals surface area contributed by atoms with Crippen LogP contribution in [0.4, 0.5) is 0 Å². The van der Waals surface area contributed by atoms with E-state index >= 15 is 0 Å². The molecule has 0 atom stereocenters. The first-order valence-corrected chi connectivity index (χ1v) is 6.55. The molecule has 1 N–H and O–H groups in total. The second-order valence-corrected chi connectivity index (χ2v) is 5.80. The number of nitrogens with zero attached hydrogens (tertiary/aromatic N) is 1. The molecule has 1 heterocycles. The molecule has 0 aromatic carbocycles. The molecule has 0 spiro atoms. The van der Waals surface area contributed by atoms with Gasteiger partial charge in [0.05, 0.1) is 13.2 Å². The standard InChI is InChI=1S/C13H26N2O2/c1-13(2,3)5-7-14-6-4-12(16)15-8-10-17-11-9-15/h14H,4-11H2,1-3H3. The Hall–Kier alpha value is -0.610. The van der Waals surface area contributed by atoms with Crippen LogP contribution in [-0.2, 0) is 9.53 Å². The minimum Gasteiger partial charge on any atom is -0.378 e. The van der Waals surface area contributed by atoms with Gasteiger partial charge in [-0.3, -0.25) is 4.79 Å². The summed E-state index contributed by atoms with van der Waals surface area (Å²) in [7, 11) is 0. The van der Waals surface area contributed by atoms with Gasteiger partial charge in [0.15, 0.2) is 0 Å². The molecule has 4 nitrogen and oxygen atoms in total. The van der Waals surface area contributed by atoms with Gasteiger partial charge in [-0.15, -0.1) is 0 Å². The van der Waals surface area contributed by atoms with E-state index in [1.54, 1.807) is 0 Å². The number of carbonyl (C=O) groups excluding carboxylic acids is 1. The average molecular weight is 242 g/mol. The van der Waals surface area contributed by atoms with Crippen molar-refractivity contribution in [2.24, 2.45) is 5.41 Å². The summed E-state index contributed by atoms with van der Waals surface area (Å²) < 4.78 is 5.22. The van der Waals surface area contributed by atoms with Gasteiger partial charge in [0, 0.05) is 26.1 Å². The van der Waals surface area contributed by atoms with E-state index < -0.39 is 0 Å². The van der Waals surface area contributed by atoms with Crippen LogP contribution in [-0.4, -0.2) is 50.2 Å². The van der Waals surface area contributed by atoms with Crippen molar-refractivity contribution < 1.29 is 9.53 Å². The molecule has 0 radical (unpaired) electrons. The highest BCUT2D eigenvalue weighted by atomic mass is 16.5. The molecule has 1 aliphatic rings. The number of hydrogen-bond acceptors (Lipinski definition) is 3. The number of nitrogens with one attached hydrogen (secondary N) is 1. The number of ether oxygens (including phenoxy) is 1. The Morgan fingerprint density at radius 2 is 1.88 bits per heavy atom. The van der Waals surface area contributed by atoms with Gasteiger partial charge >= 0.3 is 0 Å². The summed E-state index contributed by atoms with van der Waals surface area (Å²) in [6.07, 6.45) is 1.74. The fourth-order valence-electron chi connectivity index (χ4n) is 1.75. The lowest BCUT2D eigenvalue weighted by molar-refractivity contribution is -0.135. The largest absolute Gasteiger partial charge is 0.378 e. The smallest absolute Gasteiger partial charge is 0.224 e. The van der Waals surface area contributed by atoms with Crippen LogP contribution >= 0.6 is 0 Å². The van der Waals surface area contributed by atoms with Crippen molar-refractivity contribution in [1.29, 1.82) is 0 Å². The maximum Gasteiger partial charge on any atom is 0.224 e. The van der Waals surface area contributed by atoms with Crippen molar-refractivity contribution in [3.63, 3.8) is 0 Å². The quantitative estimate of drug-likeness (QED) is 0.738. The van der Waals surface area contributed by atoms with Gasteiger partial charge in [-0.05, 0) is 18.4 Å². The zero-order chi connectivity index (χ0) is 12.7. The molecule has 0 unspecified atom stereocenters. The Bertz CT molecular complexity index is 230. The van der Waals surface area contributed by atoms with E-state index in [9.17, 15) is 4.79 Å². The molecule has 1 amide bonds. The predicted molar refractivity (Wildman–Crippen MR) is 69.0 cm³/mol. The number of morpholine rings is 1. The minimum absolute atomic E-state index is 0.247. The summed E-state index contributed by atoms with van der Waals surface area (Å²) in [5.41, 5.74) is 0.362. The lowest BCUT2D eigenvalue weighted by Gasteiger charge is -2.27. The molecule has 1 aliphatic heterocycles. The Morgan fingerprint density at radius 3 is 2.47 bits per heavy atom. The lowest BCUT2D eigenvalue weighted by Crippen LogP contribution is -2.41. The second-order valence-electron chi connectivity index (χ2n) is 5.80. The van der Waals surface area contributed by atoms with Crippen molar-refractivity contribution in [2.45, 2.75) is 33.6 Å². The molecular formula is C13H26N2O2. The molecule has 100 valence electrons. The van der Waals surface area contributed by atoms with Gasteiger partial charge in [-0.1, -0.05) is 20.8 Å². The second kappa shape index (κ2) is 6.97. The molecule has 0 aromatic rings. The SMILES string of the molecule is CC(C)(C)CCNCCC(=O)N1CCOCC1. The van der Waals surface area contributed by atoms with Crippen molar-refractivity contribution in [2.75, 3.05) is 39.4 Å². The monoisotopic (exact) mass is 242 g/mol. The molecule has 0 bridgehead atoms. The lowest BCUT2D eigenvalue weighted by atomic mass is 9.92. The summed E-state index contributed by atoms with van der Waals surface area (Å²) in [6, 6.07) is 0. The molecule has 0 aliphatic carbocycles. The van der Waals surface area contributed by atoms with Gasteiger partial charge < -0.3 is 15.0 Å². The Morgan fingerprint density at radius 1 is 1.24 bits per heavy atom. The summed E-state index contributed by atoms with van der Waals surface area (Å²) >= 11 is 0. The van der Waals surface area contributed by atoms with Gasteiger partial charge in [0.2, 0.25) is 5.91 Å². The van der Waals surface area contributed by atoms with E-state index in [0.717, 1.165) is 32.6 Å². The van der Waals surface area contributed by atoms with Gasteiger partial charge in [-0.25, -0.2) is 0 Å². The topological polar surface area (TPSA) is 41.6 Å². The van der Waals surface area contributed by atoms with E-state index in [4.69, 9.17) is 4.74 Å². The first kappa shape index (κ1) is 14.5. The number of hydrogen-bond donors (Lipinski definition) is 1. The van der Waals surface area contributed by atoms with Crippen LogP contribution in [0.25, 0.3) is 0 Å². The normalized spacial score (nSPS) is 17.2. The third-order valence-electron chi connectivity index (χ3n) is 2.93. The fraction of sp³-hybridized carbons (Fsp3) is 0.923. The molecule has 1 rings (SSSR count). The molecular weight excluding hydrogens is 216 g/mol. The van der Waals surface area contributed by atoms with E-state index in [2.05, 4.69) is 26.1 Å². The van der Waals surface area contributed by atoms with E-state index in [1.807, 2.05) is 4.90 Å². The summed E-state index contributed by atoms with van der Waals surface area (Å²) in [4.78, 5) is 13.7. The Kier molecular flexibility index (Phi) is 5.92. The number of rotatable bonds is 5. The van der Waals surface area contributed by atoms with Crippen LogP contribution in [0.5, 0.6) is 0 Å². The molecule has 0 saturated carbocycles. The van der Waals surface area contributed by atoms with Crippen LogP contribution in [0.1, 0.15) is 33.6 Å². The third kappa shape index (κ3) is 6.64. The van der Waals surface area contributed by atoms with Crippen molar-refractivity contribution in [3.05, 3.63) is 0 Å². The van der Waals surface area contributed by atoms with E-state index in [1.165, 1.54) is 0 Å². The van der Waals surface area contributed by atoms with E-state index in [-0.39, 0.29) is 5.91 Å². The fourth-order valence-corrected chi connectivity index (χ4v) is 1.75.